The van der Waals surface area contributed by atoms with Crippen LogP contribution in [-0.2, 0) is 4.79 Å². The van der Waals surface area contributed by atoms with Crippen molar-refractivity contribution in [2.75, 3.05) is 11.7 Å². The summed E-state index contributed by atoms with van der Waals surface area (Å²) in [5.41, 5.74) is 2.14. The van der Waals surface area contributed by atoms with Gasteiger partial charge in [0.2, 0.25) is 6.20 Å². The summed E-state index contributed by atoms with van der Waals surface area (Å²) < 4.78 is 5.29. The molecule has 22 heavy (non-hydrogen) atoms. The summed E-state index contributed by atoms with van der Waals surface area (Å²) in [5, 5.41) is 24.5. The van der Waals surface area contributed by atoms with E-state index in [2.05, 4.69) is 10.5 Å². The van der Waals surface area contributed by atoms with Gasteiger partial charge in [-0.3, -0.25) is 10.1 Å². The summed E-state index contributed by atoms with van der Waals surface area (Å²) in [6, 6.07) is 6.68. The molecule has 0 saturated heterocycles. The SMILES string of the molecule is CC1(C(=O)O)C=NN(c2ccc(OCC=C[N+](=O)[O-])cc2)N1. The number of benzene rings is 1. The Bertz CT molecular complexity index is 628. The molecule has 0 aromatic heterocycles. The lowest BCUT2D eigenvalue weighted by atomic mass is 10.1. The van der Waals surface area contributed by atoms with E-state index in [-0.39, 0.29) is 6.61 Å². The number of hydrogen-bond acceptors (Lipinski definition) is 7. The molecule has 116 valence electrons. The second-order valence-corrected chi connectivity index (χ2v) is 4.65. The van der Waals surface area contributed by atoms with Crippen molar-refractivity contribution < 1.29 is 19.6 Å². The minimum absolute atomic E-state index is 0.0809. The topological polar surface area (TPSA) is 117 Å². The van der Waals surface area contributed by atoms with Crippen molar-refractivity contribution in [2.24, 2.45) is 5.10 Å². The molecular weight excluding hydrogens is 292 g/mol. The smallest absolute Gasteiger partial charge is 0.331 e. The van der Waals surface area contributed by atoms with E-state index < -0.39 is 16.4 Å². The maximum Gasteiger partial charge on any atom is 0.331 e. The maximum atomic E-state index is 11.1. The van der Waals surface area contributed by atoms with Gasteiger partial charge in [-0.25, -0.2) is 4.79 Å². The second kappa shape index (κ2) is 6.22. The molecule has 0 aliphatic carbocycles. The Kier molecular flexibility index (Phi) is 4.37. The molecule has 1 heterocycles. The van der Waals surface area contributed by atoms with E-state index >= 15 is 0 Å². The molecule has 0 fully saturated rings. The third kappa shape index (κ3) is 3.58. The molecule has 0 saturated carbocycles. The van der Waals surface area contributed by atoms with Gasteiger partial charge >= 0.3 is 5.97 Å². The van der Waals surface area contributed by atoms with Crippen molar-refractivity contribution in [1.82, 2.24) is 5.43 Å². The first-order valence-corrected chi connectivity index (χ1v) is 6.30. The van der Waals surface area contributed by atoms with Crippen LogP contribution < -0.4 is 15.3 Å². The first kappa shape index (κ1) is 15.4. The molecule has 0 amide bonds. The van der Waals surface area contributed by atoms with Gasteiger partial charge in [0.25, 0.3) is 0 Å². The lowest BCUT2D eigenvalue weighted by Crippen LogP contribution is -2.51. The van der Waals surface area contributed by atoms with Crippen molar-refractivity contribution in [3.8, 4) is 5.75 Å². The summed E-state index contributed by atoms with van der Waals surface area (Å²) in [5.74, 6) is -0.503. The van der Waals surface area contributed by atoms with Gasteiger partial charge in [-0.2, -0.15) is 15.6 Å². The van der Waals surface area contributed by atoms with Crippen LogP contribution in [0.5, 0.6) is 5.75 Å². The summed E-state index contributed by atoms with van der Waals surface area (Å²) in [7, 11) is 0. The normalized spacial score (nSPS) is 20.5. The third-order valence-corrected chi connectivity index (χ3v) is 2.87. The molecule has 1 aromatic carbocycles. The zero-order valence-corrected chi connectivity index (χ0v) is 11.7. The molecular formula is C13H14N4O5. The number of nitrogens with one attached hydrogen (secondary N) is 1. The van der Waals surface area contributed by atoms with Gasteiger partial charge < -0.3 is 9.84 Å². The van der Waals surface area contributed by atoms with E-state index in [1.165, 1.54) is 24.3 Å². The van der Waals surface area contributed by atoms with E-state index in [0.717, 1.165) is 6.20 Å². The highest BCUT2D eigenvalue weighted by Crippen LogP contribution is 2.22. The Morgan fingerprint density at radius 2 is 2.23 bits per heavy atom. The Morgan fingerprint density at radius 1 is 1.55 bits per heavy atom. The molecule has 9 nitrogen and oxygen atoms in total. The van der Waals surface area contributed by atoms with Crippen molar-refractivity contribution in [2.45, 2.75) is 12.5 Å². The fraction of sp³-hybridized carbons (Fsp3) is 0.231. The fourth-order valence-electron chi connectivity index (χ4n) is 1.64. The summed E-state index contributed by atoms with van der Waals surface area (Å²) >= 11 is 0. The monoisotopic (exact) mass is 306 g/mol. The molecule has 1 aliphatic heterocycles. The Hall–Kier alpha value is -2.94. The number of carbonyl (C=O) groups is 1. The van der Waals surface area contributed by atoms with Gasteiger partial charge in [0.15, 0.2) is 5.54 Å². The highest BCUT2D eigenvalue weighted by atomic mass is 16.6. The van der Waals surface area contributed by atoms with Crippen LogP contribution in [0.3, 0.4) is 0 Å². The molecule has 1 unspecified atom stereocenters. The fourth-order valence-corrected chi connectivity index (χ4v) is 1.64. The highest BCUT2D eigenvalue weighted by Gasteiger charge is 2.37. The van der Waals surface area contributed by atoms with Crippen molar-refractivity contribution in [3.63, 3.8) is 0 Å². The minimum Gasteiger partial charge on any atom is -0.489 e. The van der Waals surface area contributed by atoms with Crippen LogP contribution in [0.25, 0.3) is 0 Å². The molecule has 1 aromatic rings. The molecule has 2 N–H and O–H groups in total. The number of nitrogens with zero attached hydrogens (tertiary/aromatic N) is 3. The van der Waals surface area contributed by atoms with Crippen LogP contribution in [-0.4, -0.2) is 34.4 Å². The van der Waals surface area contributed by atoms with E-state index in [1.807, 2.05) is 0 Å². The molecule has 0 bridgehead atoms. The number of rotatable bonds is 6. The average Bonchev–Trinajstić information content (AvgIpc) is 2.88. The minimum atomic E-state index is -1.25. The van der Waals surface area contributed by atoms with E-state index in [1.54, 1.807) is 24.3 Å². The van der Waals surface area contributed by atoms with E-state index in [4.69, 9.17) is 9.84 Å². The van der Waals surface area contributed by atoms with Crippen LogP contribution in [0.2, 0.25) is 0 Å². The number of anilines is 1. The van der Waals surface area contributed by atoms with Crippen LogP contribution in [0.15, 0.2) is 41.6 Å². The Labute approximate surface area is 125 Å². The molecule has 0 spiro atoms. The lowest BCUT2D eigenvalue weighted by Gasteiger charge is -2.21. The standard InChI is InChI=1S/C13H14N4O5/c1-13(12(18)19)9-14-17(15-13)10-3-5-11(6-4-10)22-8-2-7-16(20)21/h2-7,9,15H,8H2,1H3,(H,18,19). The van der Waals surface area contributed by atoms with Crippen molar-refractivity contribution >= 4 is 17.9 Å². The second-order valence-electron chi connectivity index (χ2n) is 4.65. The Balaban J connectivity index is 1.94. The molecule has 0 radical (unpaired) electrons. The van der Waals surface area contributed by atoms with E-state index in [0.29, 0.717) is 11.4 Å². The summed E-state index contributed by atoms with van der Waals surface area (Å²) in [6.45, 7) is 1.58. The van der Waals surface area contributed by atoms with Crippen LogP contribution in [0.1, 0.15) is 6.92 Å². The maximum absolute atomic E-state index is 11.1. The highest BCUT2D eigenvalue weighted by molar-refractivity contribution is 6.00. The first-order chi connectivity index (χ1) is 10.4. The van der Waals surface area contributed by atoms with Crippen LogP contribution in [0, 0.1) is 10.1 Å². The molecule has 1 aliphatic rings. The summed E-state index contributed by atoms with van der Waals surface area (Å²) in [4.78, 5) is 20.6. The predicted octanol–water partition coefficient (Wildman–Crippen LogP) is 1.01. The number of ether oxygens (including phenoxy) is 1. The number of hydrazone groups is 1. The zero-order valence-electron chi connectivity index (χ0n) is 11.7. The summed E-state index contributed by atoms with van der Waals surface area (Å²) in [6.07, 6.45) is 3.41. The number of aliphatic carboxylic acids is 1. The lowest BCUT2D eigenvalue weighted by molar-refractivity contribution is -0.402. The average molecular weight is 306 g/mol. The third-order valence-electron chi connectivity index (χ3n) is 2.87. The number of carboxylic acids is 1. The zero-order chi connectivity index (χ0) is 16.2. The van der Waals surface area contributed by atoms with Gasteiger partial charge in [0.05, 0.1) is 16.8 Å². The number of hydrazine groups is 1. The van der Waals surface area contributed by atoms with Gasteiger partial charge in [-0.1, -0.05) is 0 Å². The molecule has 1 atom stereocenters. The van der Waals surface area contributed by atoms with Crippen LogP contribution >= 0.6 is 0 Å². The van der Waals surface area contributed by atoms with Crippen LogP contribution in [0.4, 0.5) is 5.69 Å². The first-order valence-electron chi connectivity index (χ1n) is 6.30. The quantitative estimate of drug-likeness (QED) is 0.595. The van der Waals surface area contributed by atoms with Gasteiger partial charge in [0, 0.05) is 6.08 Å². The van der Waals surface area contributed by atoms with Gasteiger partial charge in [0.1, 0.15) is 12.4 Å². The van der Waals surface area contributed by atoms with E-state index in [9.17, 15) is 14.9 Å². The number of hydrogen-bond donors (Lipinski definition) is 2. The van der Waals surface area contributed by atoms with Gasteiger partial charge in [-0.15, -0.1) is 0 Å². The van der Waals surface area contributed by atoms with Crippen molar-refractivity contribution in [1.29, 1.82) is 0 Å². The Morgan fingerprint density at radius 3 is 2.77 bits per heavy atom. The number of carboxylic acid groups (broad SMARTS) is 1. The predicted molar refractivity (Wildman–Crippen MR) is 78.2 cm³/mol. The number of nitro groups is 1. The van der Waals surface area contributed by atoms with Gasteiger partial charge in [-0.05, 0) is 31.2 Å². The largest absolute Gasteiger partial charge is 0.489 e. The molecule has 9 heteroatoms. The van der Waals surface area contributed by atoms with Crippen molar-refractivity contribution in [3.05, 3.63) is 46.7 Å². The molecule has 2 rings (SSSR count).